The maximum Gasteiger partial charge on any atom is 0.341 e. The maximum atomic E-state index is 11.9. The average Bonchev–Trinajstić information content (AvgIpc) is 2.75. The SMILES string of the molecule is COC(=O)c1c(NC(=S)Nc2ccccc2C)sc(C)c1C. The van der Waals surface area contributed by atoms with Gasteiger partial charge in [-0.2, -0.15) is 0 Å². The fourth-order valence-electron chi connectivity index (χ4n) is 2.03. The van der Waals surface area contributed by atoms with Gasteiger partial charge in [0.05, 0.1) is 12.7 Å². The second kappa shape index (κ2) is 6.89. The Labute approximate surface area is 139 Å². The third kappa shape index (κ3) is 3.45. The summed E-state index contributed by atoms with van der Waals surface area (Å²) in [6, 6.07) is 7.87. The molecule has 22 heavy (non-hydrogen) atoms. The molecule has 1 aromatic heterocycles. The van der Waals surface area contributed by atoms with Gasteiger partial charge in [-0.05, 0) is 50.2 Å². The van der Waals surface area contributed by atoms with Gasteiger partial charge in [0.1, 0.15) is 5.00 Å². The zero-order valence-electron chi connectivity index (χ0n) is 12.9. The molecule has 0 bridgehead atoms. The molecule has 2 rings (SSSR count). The first kappa shape index (κ1) is 16.5. The number of para-hydroxylation sites is 1. The molecule has 0 radical (unpaired) electrons. The minimum atomic E-state index is -0.358. The molecule has 2 N–H and O–H groups in total. The van der Waals surface area contributed by atoms with Crippen molar-refractivity contribution in [1.82, 2.24) is 0 Å². The molecule has 116 valence electrons. The number of ether oxygens (including phenoxy) is 1. The van der Waals surface area contributed by atoms with Crippen LogP contribution in [0.1, 0.15) is 26.4 Å². The molecule has 0 aliphatic carbocycles. The number of hydrogen-bond acceptors (Lipinski definition) is 4. The number of rotatable bonds is 3. The fourth-order valence-corrected chi connectivity index (χ4v) is 3.36. The number of esters is 1. The number of aryl methyl sites for hydroxylation is 2. The topological polar surface area (TPSA) is 50.4 Å². The molecule has 0 spiro atoms. The first-order chi connectivity index (χ1) is 10.4. The quantitative estimate of drug-likeness (QED) is 0.648. The van der Waals surface area contributed by atoms with Crippen molar-refractivity contribution < 1.29 is 9.53 Å². The molecule has 4 nitrogen and oxygen atoms in total. The molecule has 2 aromatic rings. The zero-order valence-corrected chi connectivity index (χ0v) is 14.6. The lowest BCUT2D eigenvalue weighted by atomic mass is 10.1. The van der Waals surface area contributed by atoms with Crippen molar-refractivity contribution in [3.63, 3.8) is 0 Å². The van der Waals surface area contributed by atoms with E-state index in [1.807, 2.05) is 45.0 Å². The number of thiophene rings is 1. The molecule has 6 heteroatoms. The van der Waals surface area contributed by atoms with E-state index in [-0.39, 0.29) is 5.97 Å². The summed E-state index contributed by atoms with van der Waals surface area (Å²) in [5.74, 6) is -0.358. The molecule has 0 aliphatic rings. The maximum absolute atomic E-state index is 11.9. The Balaban J connectivity index is 2.21. The molecule has 1 aromatic carbocycles. The number of benzene rings is 1. The van der Waals surface area contributed by atoms with Crippen LogP contribution in [0.25, 0.3) is 0 Å². The van der Waals surface area contributed by atoms with E-state index >= 15 is 0 Å². The molecule has 0 amide bonds. The van der Waals surface area contributed by atoms with Crippen molar-refractivity contribution in [3.05, 3.63) is 45.8 Å². The van der Waals surface area contributed by atoms with E-state index in [0.717, 1.165) is 21.7 Å². The number of methoxy groups -OCH3 is 1. The van der Waals surface area contributed by atoms with Crippen LogP contribution in [-0.2, 0) is 4.74 Å². The smallest absolute Gasteiger partial charge is 0.341 e. The Hall–Kier alpha value is -1.92. The van der Waals surface area contributed by atoms with Gasteiger partial charge in [0.15, 0.2) is 5.11 Å². The number of anilines is 2. The normalized spacial score (nSPS) is 10.2. The Kier molecular flexibility index (Phi) is 5.15. The Morgan fingerprint density at radius 2 is 1.86 bits per heavy atom. The molecule has 0 fully saturated rings. The first-order valence-corrected chi connectivity index (χ1v) is 7.98. The summed E-state index contributed by atoms with van der Waals surface area (Å²) < 4.78 is 4.85. The average molecular weight is 334 g/mol. The number of nitrogens with one attached hydrogen (secondary N) is 2. The molecule has 0 atom stereocenters. The minimum Gasteiger partial charge on any atom is -0.465 e. The van der Waals surface area contributed by atoms with Gasteiger partial charge in [-0.1, -0.05) is 18.2 Å². The van der Waals surface area contributed by atoms with Crippen molar-refractivity contribution in [2.75, 3.05) is 17.7 Å². The molecule has 0 saturated carbocycles. The lowest BCUT2D eigenvalue weighted by molar-refractivity contribution is 0.0601. The van der Waals surface area contributed by atoms with Crippen molar-refractivity contribution >= 4 is 45.3 Å². The molecule has 0 aliphatic heterocycles. The second-order valence-corrected chi connectivity index (χ2v) is 6.51. The second-order valence-electron chi connectivity index (χ2n) is 4.87. The number of carbonyl (C=O) groups excluding carboxylic acids is 1. The summed E-state index contributed by atoms with van der Waals surface area (Å²) in [6.45, 7) is 5.88. The first-order valence-electron chi connectivity index (χ1n) is 6.76. The van der Waals surface area contributed by atoms with E-state index in [9.17, 15) is 4.79 Å². The summed E-state index contributed by atoms with van der Waals surface area (Å²) >= 11 is 6.83. The van der Waals surface area contributed by atoms with Crippen molar-refractivity contribution in [2.24, 2.45) is 0 Å². The van der Waals surface area contributed by atoms with E-state index in [1.54, 1.807) is 0 Å². The highest BCUT2D eigenvalue weighted by Gasteiger charge is 2.20. The standard InChI is InChI=1S/C16H18N2O2S2/c1-9-7-5-6-8-12(9)17-16(21)18-14-13(15(19)20-4)10(2)11(3)22-14/h5-8H,1-4H3,(H2,17,18,21). The number of thiocarbonyl (C=S) groups is 1. The van der Waals surface area contributed by atoms with E-state index in [4.69, 9.17) is 17.0 Å². The highest BCUT2D eigenvalue weighted by molar-refractivity contribution is 7.80. The van der Waals surface area contributed by atoms with E-state index in [2.05, 4.69) is 10.6 Å². The predicted octanol–water partition coefficient (Wildman–Crippen LogP) is 4.27. The van der Waals surface area contributed by atoms with Crippen LogP contribution in [0.2, 0.25) is 0 Å². The van der Waals surface area contributed by atoms with Crippen molar-refractivity contribution in [3.8, 4) is 0 Å². The Morgan fingerprint density at radius 3 is 2.50 bits per heavy atom. The van der Waals surface area contributed by atoms with Crippen LogP contribution in [0.3, 0.4) is 0 Å². The molecule has 1 heterocycles. The van der Waals surface area contributed by atoms with E-state index in [0.29, 0.717) is 15.7 Å². The van der Waals surface area contributed by atoms with Crippen LogP contribution >= 0.6 is 23.6 Å². The summed E-state index contributed by atoms with van der Waals surface area (Å²) in [6.07, 6.45) is 0. The Morgan fingerprint density at radius 1 is 1.18 bits per heavy atom. The highest BCUT2D eigenvalue weighted by atomic mass is 32.1. The molecular formula is C16H18N2O2S2. The van der Waals surface area contributed by atoms with Crippen molar-refractivity contribution in [1.29, 1.82) is 0 Å². The highest BCUT2D eigenvalue weighted by Crippen LogP contribution is 2.33. The zero-order chi connectivity index (χ0) is 16.3. The van der Waals surface area contributed by atoms with E-state index in [1.165, 1.54) is 18.4 Å². The third-order valence-corrected chi connectivity index (χ3v) is 4.72. The monoisotopic (exact) mass is 334 g/mol. The van der Waals surface area contributed by atoms with Gasteiger partial charge in [-0.3, -0.25) is 0 Å². The van der Waals surface area contributed by atoms with Gasteiger partial charge in [-0.15, -0.1) is 11.3 Å². The van der Waals surface area contributed by atoms with Gasteiger partial charge < -0.3 is 15.4 Å². The minimum absolute atomic E-state index is 0.358. The van der Waals surface area contributed by atoms with Gasteiger partial charge in [-0.25, -0.2) is 4.79 Å². The summed E-state index contributed by atoms with van der Waals surface area (Å²) in [4.78, 5) is 13.0. The van der Waals surface area contributed by atoms with Gasteiger partial charge >= 0.3 is 5.97 Å². The van der Waals surface area contributed by atoms with Gasteiger partial charge in [0.2, 0.25) is 0 Å². The fraction of sp³-hybridized carbons (Fsp3) is 0.250. The molecular weight excluding hydrogens is 316 g/mol. The largest absolute Gasteiger partial charge is 0.465 e. The summed E-state index contributed by atoms with van der Waals surface area (Å²) in [7, 11) is 1.38. The van der Waals surface area contributed by atoms with Crippen LogP contribution in [-0.4, -0.2) is 18.2 Å². The molecule has 0 unspecified atom stereocenters. The van der Waals surface area contributed by atoms with E-state index < -0.39 is 0 Å². The number of carbonyl (C=O) groups is 1. The van der Waals surface area contributed by atoms with Crippen LogP contribution in [0, 0.1) is 20.8 Å². The lowest BCUT2D eigenvalue weighted by Crippen LogP contribution is -2.20. The van der Waals surface area contributed by atoms with Crippen LogP contribution < -0.4 is 10.6 Å². The summed E-state index contributed by atoms with van der Waals surface area (Å²) in [5.41, 5.74) is 3.49. The molecule has 0 saturated heterocycles. The lowest BCUT2D eigenvalue weighted by Gasteiger charge is -2.12. The van der Waals surface area contributed by atoms with Gasteiger partial charge in [0, 0.05) is 10.6 Å². The summed E-state index contributed by atoms with van der Waals surface area (Å²) in [5, 5.41) is 7.39. The van der Waals surface area contributed by atoms with Gasteiger partial charge in [0.25, 0.3) is 0 Å². The third-order valence-electron chi connectivity index (χ3n) is 3.40. The Bertz CT molecular complexity index is 723. The number of hydrogen-bond donors (Lipinski definition) is 2. The van der Waals surface area contributed by atoms with Crippen LogP contribution in [0.5, 0.6) is 0 Å². The predicted molar refractivity (Wildman–Crippen MR) is 96.2 cm³/mol. The van der Waals surface area contributed by atoms with Crippen molar-refractivity contribution in [2.45, 2.75) is 20.8 Å². The van der Waals surface area contributed by atoms with Crippen LogP contribution in [0.15, 0.2) is 24.3 Å². The van der Waals surface area contributed by atoms with Crippen LogP contribution in [0.4, 0.5) is 10.7 Å².